The zero-order valence-electron chi connectivity index (χ0n) is 10.3. The van der Waals surface area contributed by atoms with Gasteiger partial charge in [0.2, 0.25) is 10.0 Å². The Morgan fingerprint density at radius 2 is 2.00 bits per heavy atom. The van der Waals surface area contributed by atoms with Gasteiger partial charge in [-0.2, -0.15) is 0 Å². The summed E-state index contributed by atoms with van der Waals surface area (Å²) in [6.07, 6.45) is 1.07. The molecule has 1 aromatic rings. The monoisotopic (exact) mass is 270 g/mol. The third-order valence-corrected chi connectivity index (χ3v) is 5.23. The van der Waals surface area contributed by atoms with Crippen LogP contribution in [-0.2, 0) is 10.0 Å². The Balaban J connectivity index is 2.13. The minimum absolute atomic E-state index is 0.146. The number of hydrogen-bond donors (Lipinski definition) is 2. The van der Waals surface area contributed by atoms with Gasteiger partial charge in [0.05, 0.1) is 11.8 Å². The third kappa shape index (κ3) is 2.50. The van der Waals surface area contributed by atoms with E-state index in [2.05, 4.69) is 0 Å². The first-order chi connectivity index (χ1) is 8.41. The molecule has 0 radical (unpaired) electrons. The van der Waals surface area contributed by atoms with Gasteiger partial charge in [-0.05, 0) is 30.9 Å². The average Bonchev–Trinajstić information content (AvgIpc) is 2.27. The second-order valence-corrected chi connectivity index (χ2v) is 6.83. The fourth-order valence-corrected chi connectivity index (χ4v) is 3.55. The maximum absolute atomic E-state index is 12.3. The van der Waals surface area contributed by atoms with Crippen LogP contribution in [0.2, 0.25) is 0 Å². The molecule has 5 nitrogen and oxygen atoms in total. The molecule has 0 heterocycles. The van der Waals surface area contributed by atoms with Gasteiger partial charge in [0.15, 0.2) is 0 Å². The molecule has 0 bridgehead atoms. The number of nitrogen functional groups attached to an aromatic ring is 1. The summed E-state index contributed by atoms with van der Waals surface area (Å²) < 4.78 is 25.9. The molecule has 6 heteroatoms. The standard InChI is InChI=1S/C12H18N2O3S/c1-14(8-9-6-10(15)7-9)18(16,17)12-5-3-2-4-11(12)13/h2-5,9-10,15H,6-8,13H2,1H3. The summed E-state index contributed by atoms with van der Waals surface area (Å²) >= 11 is 0. The van der Waals surface area contributed by atoms with Crippen molar-refractivity contribution in [1.82, 2.24) is 4.31 Å². The lowest BCUT2D eigenvalue weighted by molar-refractivity contribution is 0.0367. The average molecular weight is 270 g/mol. The van der Waals surface area contributed by atoms with E-state index in [1.807, 2.05) is 0 Å². The molecule has 1 aliphatic rings. The number of benzene rings is 1. The van der Waals surface area contributed by atoms with E-state index in [0.717, 1.165) is 0 Å². The van der Waals surface area contributed by atoms with E-state index >= 15 is 0 Å². The summed E-state index contributed by atoms with van der Waals surface area (Å²) in [6.45, 7) is 0.424. The van der Waals surface area contributed by atoms with Crippen molar-refractivity contribution in [3.8, 4) is 0 Å². The van der Waals surface area contributed by atoms with Gasteiger partial charge < -0.3 is 10.8 Å². The molecule has 0 aliphatic heterocycles. The number of sulfonamides is 1. The third-order valence-electron chi connectivity index (χ3n) is 3.33. The van der Waals surface area contributed by atoms with E-state index in [4.69, 9.17) is 5.73 Å². The van der Waals surface area contributed by atoms with Crippen LogP contribution >= 0.6 is 0 Å². The van der Waals surface area contributed by atoms with Crippen LogP contribution < -0.4 is 5.73 Å². The fourth-order valence-electron chi connectivity index (χ4n) is 2.19. The molecular formula is C12H18N2O3S. The molecule has 1 aliphatic carbocycles. The predicted molar refractivity (Wildman–Crippen MR) is 69.4 cm³/mol. The van der Waals surface area contributed by atoms with Crippen molar-refractivity contribution in [2.24, 2.45) is 5.92 Å². The lowest BCUT2D eigenvalue weighted by Crippen LogP contribution is -2.39. The zero-order chi connectivity index (χ0) is 13.3. The molecule has 0 aromatic heterocycles. The first-order valence-electron chi connectivity index (χ1n) is 5.90. The molecule has 1 saturated carbocycles. The number of aliphatic hydroxyl groups is 1. The van der Waals surface area contributed by atoms with Crippen molar-refractivity contribution in [3.05, 3.63) is 24.3 Å². The van der Waals surface area contributed by atoms with Crippen LogP contribution in [0.5, 0.6) is 0 Å². The van der Waals surface area contributed by atoms with Crippen LogP contribution in [0.15, 0.2) is 29.2 Å². The van der Waals surface area contributed by atoms with E-state index in [-0.39, 0.29) is 22.6 Å². The summed E-state index contributed by atoms with van der Waals surface area (Å²) in [6, 6.07) is 6.45. The van der Waals surface area contributed by atoms with Crippen molar-refractivity contribution in [1.29, 1.82) is 0 Å². The van der Waals surface area contributed by atoms with Crippen LogP contribution in [0.1, 0.15) is 12.8 Å². The number of para-hydroxylation sites is 1. The molecular weight excluding hydrogens is 252 g/mol. The number of anilines is 1. The van der Waals surface area contributed by atoms with Crippen LogP contribution in [0, 0.1) is 5.92 Å². The first kappa shape index (κ1) is 13.3. The SMILES string of the molecule is CN(CC1CC(O)C1)S(=O)(=O)c1ccccc1N. The van der Waals surface area contributed by atoms with Crippen LogP contribution in [0.3, 0.4) is 0 Å². The lowest BCUT2D eigenvalue weighted by Gasteiger charge is -2.34. The summed E-state index contributed by atoms with van der Waals surface area (Å²) in [4.78, 5) is 0.146. The Morgan fingerprint density at radius 3 is 2.56 bits per heavy atom. The van der Waals surface area contributed by atoms with Gasteiger partial charge in [-0.1, -0.05) is 12.1 Å². The Hall–Kier alpha value is -1.11. The normalized spacial score (nSPS) is 23.9. The molecule has 2 rings (SSSR count). The second kappa shape index (κ2) is 4.87. The summed E-state index contributed by atoms with van der Waals surface area (Å²) in [5.41, 5.74) is 5.96. The Morgan fingerprint density at radius 1 is 1.39 bits per heavy atom. The lowest BCUT2D eigenvalue weighted by atomic mass is 9.82. The minimum Gasteiger partial charge on any atom is -0.398 e. The maximum atomic E-state index is 12.3. The molecule has 18 heavy (non-hydrogen) atoms. The first-order valence-corrected chi connectivity index (χ1v) is 7.34. The Labute approximate surface area is 107 Å². The van der Waals surface area contributed by atoms with E-state index in [0.29, 0.717) is 19.4 Å². The molecule has 1 fully saturated rings. The summed E-state index contributed by atoms with van der Waals surface area (Å²) in [7, 11) is -1.98. The highest BCUT2D eigenvalue weighted by atomic mass is 32.2. The van der Waals surface area contributed by atoms with Crippen molar-refractivity contribution in [2.75, 3.05) is 19.3 Å². The van der Waals surface area contributed by atoms with E-state index in [1.54, 1.807) is 25.2 Å². The molecule has 3 N–H and O–H groups in total. The number of hydrogen-bond acceptors (Lipinski definition) is 4. The Kier molecular flexibility index (Phi) is 3.61. The molecule has 0 saturated heterocycles. The van der Waals surface area contributed by atoms with Gasteiger partial charge in [-0.15, -0.1) is 0 Å². The van der Waals surface area contributed by atoms with Gasteiger partial charge in [-0.3, -0.25) is 0 Å². The van der Waals surface area contributed by atoms with Crippen molar-refractivity contribution in [2.45, 2.75) is 23.8 Å². The predicted octanol–water partition coefficient (Wildman–Crippen LogP) is 0.660. The Bertz CT molecular complexity index is 524. The molecule has 0 spiro atoms. The number of nitrogens with two attached hydrogens (primary N) is 1. The van der Waals surface area contributed by atoms with Crippen molar-refractivity contribution in [3.63, 3.8) is 0 Å². The minimum atomic E-state index is -3.53. The molecule has 0 unspecified atom stereocenters. The van der Waals surface area contributed by atoms with Gasteiger partial charge in [0, 0.05) is 13.6 Å². The number of rotatable bonds is 4. The molecule has 0 amide bonds. The highest BCUT2D eigenvalue weighted by molar-refractivity contribution is 7.89. The number of aliphatic hydroxyl groups excluding tert-OH is 1. The van der Waals surface area contributed by atoms with Crippen molar-refractivity contribution < 1.29 is 13.5 Å². The molecule has 100 valence electrons. The van der Waals surface area contributed by atoms with Crippen LogP contribution in [0.25, 0.3) is 0 Å². The zero-order valence-corrected chi connectivity index (χ0v) is 11.1. The van der Waals surface area contributed by atoms with Gasteiger partial charge in [-0.25, -0.2) is 12.7 Å². The van der Waals surface area contributed by atoms with Gasteiger partial charge in [0.25, 0.3) is 0 Å². The topological polar surface area (TPSA) is 83.6 Å². The van der Waals surface area contributed by atoms with E-state index < -0.39 is 10.0 Å². The molecule has 1 aromatic carbocycles. The van der Waals surface area contributed by atoms with E-state index in [9.17, 15) is 13.5 Å². The van der Waals surface area contributed by atoms with E-state index in [1.165, 1.54) is 10.4 Å². The van der Waals surface area contributed by atoms with Gasteiger partial charge >= 0.3 is 0 Å². The summed E-state index contributed by atoms with van der Waals surface area (Å²) in [5, 5.41) is 9.21. The van der Waals surface area contributed by atoms with Gasteiger partial charge in [0.1, 0.15) is 4.90 Å². The fraction of sp³-hybridized carbons (Fsp3) is 0.500. The van der Waals surface area contributed by atoms with Crippen LogP contribution in [-0.4, -0.2) is 37.5 Å². The highest BCUT2D eigenvalue weighted by Crippen LogP contribution is 2.30. The van der Waals surface area contributed by atoms with Crippen molar-refractivity contribution >= 4 is 15.7 Å². The largest absolute Gasteiger partial charge is 0.398 e. The second-order valence-electron chi connectivity index (χ2n) is 4.81. The van der Waals surface area contributed by atoms with Crippen LogP contribution in [0.4, 0.5) is 5.69 Å². The summed E-state index contributed by atoms with van der Waals surface area (Å²) in [5.74, 6) is 0.240. The number of nitrogens with zero attached hydrogens (tertiary/aromatic N) is 1. The quantitative estimate of drug-likeness (QED) is 0.787. The maximum Gasteiger partial charge on any atom is 0.244 e. The highest BCUT2D eigenvalue weighted by Gasteiger charge is 2.32. The molecule has 0 atom stereocenters. The smallest absolute Gasteiger partial charge is 0.244 e.